The van der Waals surface area contributed by atoms with Crippen LogP contribution in [0, 0.1) is 16.7 Å². The lowest BCUT2D eigenvalue weighted by Gasteiger charge is -2.45. The van der Waals surface area contributed by atoms with E-state index < -0.39 is 0 Å². The van der Waals surface area contributed by atoms with E-state index >= 15 is 0 Å². The molecule has 0 unspecified atom stereocenters. The molecule has 1 aromatic rings. The van der Waals surface area contributed by atoms with E-state index in [4.69, 9.17) is 20.5 Å². The second kappa shape index (κ2) is 5.68. The number of hydrogen-bond donors (Lipinski definition) is 1. The van der Waals surface area contributed by atoms with Gasteiger partial charge in [-0.25, -0.2) is 0 Å². The monoisotopic (exact) mass is 275 g/mol. The summed E-state index contributed by atoms with van der Waals surface area (Å²) in [6.07, 6.45) is 2.98. The number of hydrogen-bond acceptors (Lipinski definition) is 5. The van der Waals surface area contributed by atoms with Crippen LogP contribution in [0.15, 0.2) is 12.1 Å². The fourth-order valence-corrected chi connectivity index (χ4v) is 2.94. The van der Waals surface area contributed by atoms with Crippen LogP contribution in [0.2, 0.25) is 0 Å². The number of nitriles is 1. The van der Waals surface area contributed by atoms with Crippen LogP contribution < -0.4 is 15.2 Å². The van der Waals surface area contributed by atoms with Gasteiger partial charge in [-0.15, -0.1) is 0 Å². The van der Waals surface area contributed by atoms with Crippen molar-refractivity contribution in [3.05, 3.63) is 17.7 Å². The first-order chi connectivity index (χ1) is 9.45. The zero-order valence-corrected chi connectivity index (χ0v) is 12.2. The van der Waals surface area contributed by atoms with Crippen molar-refractivity contribution in [2.24, 2.45) is 11.1 Å². The molecule has 1 aromatic heterocycles. The summed E-state index contributed by atoms with van der Waals surface area (Å²) in [5.74, 6) is 0.816. The summed E-state index contributed by atoms with van der Waals surface area (Å²) in [5.41, 5.74) is 6.53. The lowest BCUT2D eigenvalue weighted by Crippen LogP contribution is -2.45. The molecule has 1 aliphatic rings. The molecule has 0 amide bonds. The lowest BCUT2D eigenvalue weighted by molar-refractivity contribution is -0.0137. The predicted octanol–water partition coefficient (Wildman–Crippen LogP) is 2.25. The van der Waals surface area contributed by atoms with Gasteiger partial charge in [0.05, 0.1) is 7.11 Å². The minimum atomic E-state index is 0.102. The molecule has 0 saturated heterocycles. The quantitative estimate of drug-likeness (QED) is 0.891. The maximum Gasteiger partial charge on any atom is 0.235 e. The van der Waals surface area contributed by atoms with Gasteiger partial charge in [0, 0.05) is 12.1 Å². The molecule has 5 nitrogen and oxygen atoms in total. The van der Waals surface area contributed by atoms with Crippen LogP contribution in [0.4, 0.5) is 0 Å². The van der Waals surface area contributed by atoms with Gasteiger partial charge in [-0.05, 0) is 37.7 Å². The summed E-state index contributed by atoms with van der Waals surface area (Å²) in [7, 11) is 1.54. The Morgan fingerprint density at radius 2 is 2.25 bits per heavy atom. The molecule has 1 aliphatic carbocycles. The van der Waals surface area contributed by atoms with E-state index in [9.17, 15) is 0 Å². The molecule has 1 atom stereocenters. The SMILES string of the molecule is COc1ccc(C#N)c(OC2CC(C)(C[C@@H](C)N)C2)n1. The van der Waals surface area contributed by atoms with Crippen LogP contribution in [0.5, 0.6) is 11.8 Å². The Morgan fingerprint density at radius 1 is 1.55 bits per heavy atom. The second-order valence-corrected chi connectivity index (χ2v) is 5.96. The summed E-state index contributed by atoms with van der Waals surface area (Å²) in [4.78, 5) is 4.20. The first kappa shape index (κ1) is 14.6. The zero-order chi connectivity index (χ0) is 14.8. The van der Waals surface area contributed by atoms with E-state index in [2.05, 4.69) is 18.0 Å². The molecule has 1 heterocycles. The van der Waals surface area contributed by atoms with Crippen molar-refractivity contribution in [1.82, 2.24) is 4.98 Å². The predicted molar refractivity (Wildman–Crippen MR) is 75.5 cm³/mol. The van der Waals surface area contributed by atoms with Gasteiger partial charge < -0.3 is 15.2 Å². The van der Waals surface area contributed by atoms with E-state index in [0.717, 1.165) is 19.3 Å². The molecule has 5 heteroatoms. The second-order valence-electron chi connectivity index (χ2n) is 5.96. The third-order valence-electron chi connectivity index (χ3n) is 3.70. The normalized spacial score (nSPS) is 26.2. The summed E-state index contributed by atoms with van der Waals surface area (Å²) in [6, 6.07) is 5.62. The van der Waals surface area contributed by atoms with Gasteiger partial charge >= 0.3 is 0 Å². The first-order valence-electron chi connectivity index (χ1n) is 6.83. The minimum Gasteiger partial charge on any atom is -0.481 e. The molecule has 1 saturated carbocycles. The van der Waals surface area contributed by atoms with Crippen molar-refractivity contribution in [2.45, 2.75) is 45.3 Å². The highest BCUT2D eigenvalue weighted by molar-refractivity contribution is 5.40. The summed E-state index contributed by atoms with van der Waals surface area (Å²) < 4.78 is 10.9. The van der Waals surface area contributed by atoms with Crippen molar-refractivity contribution in [1.29, 1.82) is 5.26 Å². The Balaban J connectivity index is 2.01. The molecule has 0 bridgehead atoms. The van der Waals surface area contributed by atoms with Gasteiger partial charge in [0.1, 0.15) is 17.7 Å². The third kappa shape index (κ3) is 3.20. The van der Waals surface area contributed by atoms with E-state index in [1.165, 1.54) is 0 Å². The van der Waals surface area contributed by atoms with Crippen LogP contribution in [0.1, 0.15) is 38.7 Å². The molecular formula is C15H21N3O2. The highest BCUT2D eigenvalue weighted by Crippen LogP contribution is 2.46. The molecule has 0 aliphatic heterocycles. The number of aromatic nitrogens is 1. The van der Waals surface area contributed by atoms with Gasteiger partial charge in [-0.3, -0.25) is 0 Å². The van der Waals surface area contributed by atoms with Gasteiger partial charge in [0.2, 0.25) is 11.8 Å². The average molecular weight is 275 g/mol. The van der Waals surface area contributed by atoms with Gasteiger partial charge in [-0.2, -0.15) is 10.2 Å². The smallest absolute Gasteiger partial charge is 0.235 e. The molecule has 20 heavy (non-hydrogen) atoms. The fourth-order valence-electron chi connectivity index (χ4n) is 2.94. The minimum absolute atomic E-state index is 0.102. The summed E-state index contributed by atoms with van der Waals surface area (Å²) in [5, 5.41) is 9.08. The van der Waals surface area contributed by atoms with Crippen LogP contribution >= 0.6 is 0 Å². The van der Waals surface area contributed by atoms with E-state index in [0.29, 0.717) is 17.3 Å². The van der Waals surface area contributed by atoms with Crippen LogP contribution in [-0.4, -0.2) is 24.2 Å². The Morgan fingerprint density at radius 3 is 2.80 bits per heavy atom. The summed E-state index contributed by atoms with van der Waals surface area (Å²) in [6.45, 7) is 4.25. The van der Waals surface area contributed by atoms with Crippen molar-refractivity contribution >= 4 is 0 Å². The average Bonchev–Trinajstić information content (AvgIpc) is 2.35. The molecule has 2 rings (SSSR count). The molecule has 0 spiro atoms. The van der Waals surface area contributed by atoms with Crippen LogP contribution in [0.25, 0.3) is 0 Å². The van der Waals surface area contributed by atoms with Crippen LogP contribution in [0.3, 0.4) is 0 Å². The zero-order valence-electron chi connectivity index (χ0n) is 12.2. The molecule has 2 N–H and O–H groups in total. The highest BCUT2D eigenvalue weighted by atomic mass is 16.5. The molecule has 0 radical (unpaired) electrons. The number of pyridine rings is 1. The Labute approximate surface area is 119 Å². The number of nitrogens with zero attached hydrogens (tertiary/aromatic N) is 2. The van der Waals surface area contributed by atoms with Gasteiger partial charge in [0.15, 0.2) is 0 Å². The number of methoxy groups -OCH3 is 1. The van der Waals surface area contributed by atoms with Crippen molar-refractivity contribution in [3.8, 4) is 17.8 Å². The lowest BCUT2D eigenvalue weighted by atomic mass is 9.65. The third-order valence-corrected chi connectivity index (χ3v) is 3.70. The van der Waals surface area contributed by atoms with Crippen molar-refractivity contribution in [3.63, 3.8) is 0 Å². The topological polar surface area (TPSA) is 81.2 Å². The van der Waals surface area contributed by atoms with Crippen molar-refractivity contribution in [2.75, 3.05) is 7.11 Å². The molecule has 108 valence electrons. The highest BCUT2D eigenvalue weighted by Gasteiger charge is 2.42. The number of nitrogens with two attached hydrogens (primary N) is 1. The fraction of sp³-hybridized carbons (Fsp3) is 0.600. The Hall–Kier alpha value is -1.80. The number of rotatable bonds is 5. The standard InChI is InChI=1S/C15H21N3O2/c1-10(17)6-15(2)7-12(8-15)20-14-11(9-16)4-5-13(18-14)19-3/h4-5,10,12H,6-8,17H2,1-3H3/t10-,12?,15?/m1/s1. The molecule has 1 fully saturated rings. The van der Waals surface area contributed by atoms with E-state index in [-0.39, 0.29) is 17.6 Å². The largest absolute Gasteiger partial charge is 0.481 e. The summed E-state index contributed by atoms with van der Waals surface area (Å²) >= 11 is 0. The van der Waals surface area contributed by atoms with E-state index in [1.807, 2.05) is 6.92 Å². The van der Waals surface area contributed by atoms with Gasteiger partial charge in [-0.1, -0.05) is 6.92 Å². The van der Waals surface area contributed by atoms with Crippen molar-refractivity contribution < 1.29 is 9.47 Å². The molecular weight excluding hydrogens is 254 g/mol. The van der Waals surface area contributed by atoms with Gasteiger partial charge in [0.25, 0.3) is 0 Å². The number of ether oxygens (including phenoxy) is 2. The van der Waals surface area contributed by atoms with E-state index in [1.54, 1.807) is 19.2 Å². The molecule has 0 aromatic carbocycles. The van der Waals surface area contributed by atoms with Crippen LogP contribution in [-0.2, 0) is 0 Å². The maximum absolute atomic E-state index is 9.08. The Bertz CT molecular complexity index is 516. The maximum atomic E-state index is 9.08. The first-order valence-corrected chi connectivity index (χ1v) is 6.83. The Kier molecular flexibility index (Phi) is 4.15.